The third-order valence-electron chi connectivity index (χ3n) is 3.36. The molecule has 7 nitrogen and oxygen atoms in total. The summed E-state index contributed by atoms with van der Waals surface area (Å²) in [6.45, 7) is 3.60. The highest BCUT2D eigenvalue weighted by molar-refractivity contribution is 5.94. The maximum Gasteiger partial charge on any atom is 0.270 e. The minimum absolute atomic E-state index is 0.0285. The maximum atomic E-state index is 12.4. The predicted octanol–water partition coefficient (Wildman–Crippen LogP) is 3.39. The molecular weight excluding hydrogens is 322 g/mol. The number of carbonyl (C=O) groups excluding carboxylic acids is 1. The highest BCUT2D eigenvalue weighted by Gasteiger charge is 2.19. The van der Waals surface area contributed by atoms with Crippen molar-refractivity contribution in [2.75, 3.05) is 11.5 Å². The number of rotatable bonds is 7. The van der Waals surface area contributed by atoms with Crippen LogP contribution in [0.15, 0.2) is 59.8 Å². The second-order valence-electron chi connectivity index (χ2n) is 5.55. The second kappa shape index (κ2) is 8.58. The molecule has 0 bridgehead atoms. The van der Waals surface area contributed by atoms with Crippen molar-refractivity contribution in [1.82, 2.24) is 0 Å². The molecule has 25 heavy (non-hydrogen) atoms. The molecule has 0 spiro atoms. The van der Waals surface area contributed by atoms with Crippen molar-refractivity contribution in [1.29, 1.82) is 0 Å². The average molecular weight is 341 g/mol. The van der Waals surface area contributed by atoms with Crippen LogP contribution >= 0.6 is 0 Å². The van der Waals surface area contributed by atoms with Gasteiger partial charge in [-0.25, -0.2) is 0 Å². The molecule has 1 amide bonds. The standard InChI is InChI=1S/C18H19N3O4/c1-14(2)20(16-8-4-3-5-9-16)18(22)13-25-19-12-15-7-6-10-17(11-15)21(23)24/h3-12,14H,13H2,1-2H3/b19-12-. The molecule has 2 aromatic carbocycles. The Morgan fingerprint density at radius 3 is 2.60 bits per heavy atom. The van der Waals surface area contributed by atoms with E-state index in [1.807, 2.05) is 44.2 Å². The van der Waals surface area contributed by atoms with Crippen molar-refractivity contribution in [3.8, 4) is 0 Å². The molecule has 0 saturated heterocycles. The van der Waals surface area contributed by atoms with Crippen LogP contribution in [0.5, 0.6) is 0 Å². The van der Waals surface area contributed by atoms with E-state index >= 15 is 0 Å². The molecule has 0 unspecified atom stereocenters. The molecule has 2 rings (SSSR count). The number of anilines is 1. The first-order chi connectivity index (χ1) is 12.0. The number of nitro groups is 1. The molecule has 0 N–H and O–H groups in total. The van der Waals surface area contributed by atoms with Gasteiger partial charge in [-0.15, -0.1) is 0 Å². The van der Waals surface area contributed by atoms with Crippen LogP contribution in [-0.2, 0) is 9.63 Å². The molecule has 0 heterocycles. The van der Waals surface area contributed by atoms with Gasteiger partial charge in [0.05, 0.1) is 11.1 Å². The van der Waals surface area contributed by atoms with Gasteiger partial charge in [0, 0.05) is 29.4 Å². The second-order valence-corrected chi connectivity index (χ2v) is 5.55. The lowest BCUT2D eigenvalue weighted by molar-refractivity contribution is -0.384. The Hall–Kier alpha value is -3.22. The molecule has 0 fully saturated rings. The van der Waals surface area contributed by atoms with Crippen LogP contribution in [0, 0.1) is 10.1 Å². The van der Waals surface area contributed by atoms with Gasteiger partial charge in [0.1, 0.15) is 0 Å². The van der Waals surface area contributed by atoms with Crippen LogP contribution in [0.2, 0.25) is 0 Å². The number of para-hydroxylation sites is 1. The molecule has 0 aliphatic rings. The third-order valence-corrected chi connectivity index (χ3v) is 3.36. The van der Waals surface area contributed by atoms with Crippen LogP contribution < -0.4 is 4.90 Å². The van der Waals surface area contributed by atoms with E-state index in [2.05, 4.69) is 5.16 Å². The van der Waals surface area contributed by atoms with Crippen molar-refractivity contribution in [3.05, 3.63) is 70.3 Å². The fourth-order valence-electron chi connectivity index (χ4n) is 2.30. The zero-order valence-corrected chi connectivity index (χ0v) is 14.0. The molecule has 0 atom stereocenters. The van der Waals surface area contributed by atoms with Crippen LogP contribution in [0.25, 0.3) is 0 Å². The van der Waals surface area contributed by atoms with Crippen molar-refractivity contribution >= 4 is 23.5 Å². The highest BCUT2D eigenvalue weighted by atomic mass is 16.6. The Morgan fingerprint density at radius 2 is 1.96 bits per heavy atom. The Bertz CT molecular complexity index is 760. The Balaban J connectivity index is 1.97. The normalized spacial score (nSPS) is 10.8. The number of benzene rings is 2. The van der Waals surface area contributed by atoms with Gasteiger partial charge < -0.3 is 9.74 Å². The number of nitro benzene ring substituents is 1. The van der Waals surface area contributed by atoms with Crippen LogP contribution in [-0.4, -0.2) is 29.7 Å². The average Bonchev–Trinajstić information content (AvgIpc) is 2.60. The maximum absolute atomic E-state index is 12.4. The van der Waals surface area contributed by atoms with Crippen molar-refractivity contribution < 1.29 is 14.6 Å². The van der Waals surface area contributed by atoms with Gasteiger partial charge in [0.15, 0.2) is 6.61 Å². The van der Waals surface area contributed by atoms with E-state index in [-0.39, 0.29) is 24.2 Å². The minimum Gasteiger partial charge on any atom is -0.386 e. The van der Waals surface area contributed by atoms with Gasteiger partial charge in [0.2, 0.25) is 0 Å². The van der Waals surface area contributed by atoms with E-state index in [0.717, 1.165) is 5.69 Å². The van der Waals surface area contributed by atoms with E-state index in [1.165, 1.54) is 18.3 Å². The molecule has 0 saturated carbocycles. The highest BCUT2D eigenvalue weighted by Crippen LogP contribution is 2.16. The first kappa shape index (κ1) is 18.1. The van der Waals surface area contributed by atoms with Gasteiger partial charge in [-0.2, -0.15) is 0 Å². The molecule has 0 aliphatic carbocycles. The Labute approximate surface area is 145 Å². The summed E-state index contributed by atoms with van der Waals surface area (Å²) in [7, 11) is 0. The van der Waals surface area contributed by atoms with Gasteiger partial charge in [-0.3, -0.25) is 14.9 Å². The lowest BCUT2D eigenvalue weighted by Gasteiger charge is -2.26. The molecule has 7 heteroatoms. The van der Waals surface area contributed by atoms with Gasteiger partial charge >= 0.3 is 0 Å². The topological polar surface area (TPSA) is 85.0 Å². The lowest BCUT2D eigenvalue weighted by Crippen LogP contribution is -2.39. The first-order valence-electron chi connectivity index (χ1n) is 7.76. The van der Waals surface area contributed by atoms with Gasteiger partial charge in [0.25, 0.3) is 11.6 Å². The van der Waals surface area contributed by atoms with Crippen LogP contribution in [0.1, 0.15) is 19.4 Å². The summed E-state index contributed by atoms with van der Waals surface area (Å²) in [5.74, 6) is -0.225. The molecule has 130 valence electrons. The van der Waals surface area contributed by atoms with Crippen LogP contribution in [0.3, 0.4) is 0 Å². The fraction of sp³-hybridized carbons (Fsp3) is 0.222. The van der Waals surface area contributed by atoms with Crippen molar-refractivity contribution in [2.24, 2.45) is 5.16 Å². The number of hydrogen-bond donors (Lipinski definition) is 0. The number of nitrogens with zero attached hydrogens (tertiary/aromatic N) is 3. The summed E-state index contributed by atoms with van der Waals surface area (Å²) >= 11 is 0. The number of oxime groups is 1. The summed E-state index contributed by atoms with van der Waals surface area (Å²) in [6, 6.07) is 15.3. The Kier molecular flexibility index (Phi) is 6.22. The molecule has 0 aliphatic heterocycles. The third kappa shape index (κ3) is 5.13. The minimum atomic E-state index is -0.484. The fourth-order valence-corrected chi connectivity index (χ4v) is 2.30. The lowest BCUT2D eigenvalue weighted by atomic mass is 10.2. The summed E-state index contributed by atoms with van der Waals surface area (Å²) in [5, 5.41) is 14.4. The van der Waals surface area contributed by atoms with Crippen molar-refractivity contribution in [2.45, 2.75) is 19.9 Å². The SMILES string of the molecule is CC(C)N(C(=O)CO/N=C\c1cccc([N+](=O)[O-])c1)c1ccccc1. The number of carbonyl (C=O) groups is 1. The monoisotopic (exact) mass is 341 g/mol. The van der Waals surface area contributed by atoms with Gasteiger partial charge in [-0.1, -0.05) is 35.5 Å². The zero-order valence-electron chi connectivity index (χ0n) is 14.0. The molecule has 0 radical (unpaired) electrons. The summed E-state index contributed by atoms with van der Waals surface area (Å²) in [6.07, 6.45) is 1.34. The molecular formula is C18H19N3O4. The molecule has 2 aromatic rings. The largest absolute Gasteiger partial charge is 0.386 e. The predicted molar refractivity (Wildman–Crippen MR) is 95.7 cm³/mol. The van der Waals surface area contributed by atoms with E-state index in [1.54, 1.807) is 17.0 Å². The van der Waals surface area contributed by atoms with E-state index < -0.39 is 4.92 Å². The van der Waals surface area contributed by atoms with Gasteiger partial charge in [-0.05, 0) is 26.0 Å². The Morgan fingerprint density at radius 1 is 1.24 bits per heavy atom. The zero-order chi connectivity index (χ0) is 18.2. The first-order valence-corrected chi connectivity index (χ1v) is 7.76. The number of hydrogen-bond acceptors (Lipinski definition) is 5. The molecule has 0 aromatic heterocycles. The van der Waals surface area contributed by atoms with E-state index in [0.29, 0.717) is 5.56 Å². The summed E-state index contributed by atoms with van der Waals surface area (Å²) in [4.78, 5) is 29.3. The van der Waals surface area contributed by atoms with Crippen LogP contribution in [0.4, 0.5) is 11.4 Å². The number of non-ortho nitro benzene ring substituents is 1. The summed E-state index contributed by atoms with van der Waals surface area (Å²) in [5.41, 5.74) is 1.27. The van der Waals surface area contributed by atoms with Crippen molar-refractivity contribution in [3.63, 3.8) is 0 Å². The smallest absolute Gasteiger partial charge is 0.270 e. The number of amides is 1. The van der Waals surface area contributed by atoms with E-state index in [9.17, 15) is 14.9 Å². The summed E-state index contributed by atoms with van der Waals surface area (Å²) < 4.78 is 0. The quantitative estimate of drug-likeness (QED) is 0.439. The van der Waals surface area contributed by atoms with E-state index in [4.69, 9.17) is 4.84 Å².